The molecular formula is C31H44O8. The second-order valence-electron chi connectivity index (χ2n) is 13.9. The average molecular weight is 545 g/mol. The molecule has 0 bridgehead atoms. The minimum Gasteiger partial charge on any atom is -0.469 e. The van der Waals surface area contributed by atoms with E-state index in [1.54, 1.807) is 20.8 Å². The highest BCUT2D eigenvalue weighted by Gasteiger charge is 2.73. The van der Waals surface area contributed by atoms with Crippen LogP contribution in [0.3, 0.4) is 0 Å². The van der Waals surface area contributed by atoms with Crippen LogP contribution in [0.2, 0.25) is 0 Å². The van der Waals surface area contributed by atoms with Crippen LogP contribution in [0.25, 0.3) is 0 Å². The molecule has 39 heavy (non-hydrogen) atoms. The van der Waals surface area contributed by atoms with Gasteiger partial charge in [0.2, 0.25) is 0 Å². The topological polar surface area (TPSA) is 135 Å². The van der Waals surface area contributed by atoms with Crippen molar-refractivity contribution in [1.82, 2.24) is 0 Å². The molecule has 2 fully saturated rings. The first-order valence-corrected chi connectivity index (χ1v) is 14.2. The molecule has 0 aromatic heterocycles. The fourth-order valence-electron chi connectivity index (χ4n) is 9.14. The Morgan fingerprint density at radius 2 is 1.62 bits per heavy atom. The summed E-state index contributed by atoms with van der Waals surface area (Å²) in [5.41, 5.74) is -3.28. The van der Waals surface area contributed by atoms with Crippen molar-refractivity contribution in [3.63, 3.8) is 0 Å². The fraction of sp³-hybridized carbons (Fsp3) is 0.774. The number of carbonyl (C=O) groups is 5. The lowest BCUT2D eigenvalue weighted by molar-refractivity contribution is -0.158. The molecule has 0 aromatic rings. The Labute approximate surface area is 230 Å². The van der Waals surface area contributed by atoms with Crippen molar-refractivity contribution in [2.24, 2.45) is 45.3 Å². The van der Waals surface area contributed by atoms with Crippen molar-refractivity contribution in [3.8, 4) is 0 Å². The van der Waals surface area contributed by atoms with Crippen LogP contribution in [0, 0.1) is 45.3 Å². The molecule has 0 amide bonds. The van der Waals surface area contributed by atoms with Crippen molar-refractivity contribution >= 4 is 29.1 Å². The monoisotopic (exact) mass is 544 g/mol. The number of ether oxygens (including phenoxy) is 1. The van der Waals surface area contributed by atoms with Gasteiger partial charge in [0, 0.05) is 47.5 Å². The van der Waals surface area contributed by atoms with Crippen LogP contribution >= 0.6 is 0 Å². The van der Waals surface area contributed by atoms with Crippen molar-refractivity contribution in [1.29, 1.82) is 0 Å². The number of aliphatic hydroxyl groups is 2. The Morgan fingerprint density at radius 3 is 2.21 bits per heavy atom. The SMILES string of the molecule is COC(=O)[C@H](C)CC(=O)C[C@@H](C)[C@H]1CC(=O)[C@@]2(C)C3=C(C(=O)[C@@H](O)[C@]12C)[C@@]1(C)CCC(=O)C(C)(C)[C@@H]1C[C@@H]3O. The van der Waals surface area contributed by atoms with Gasteiger partial charge in [-0.25, -0.2) is 0 Å². The van der Waals surface area contributed by atoms with Gasteiger partial charge in [-0.1, -0.05) is 41.5 Å². The van der Waals surface area contributed by atoms with E-state index in [2.05, 4.69) is 0 Å². The Bertz CT molecular complexity index is 1170. The molecule has 2 N–H and O–H groups in total. The van der Waals surface area contributed by atoms with Gasteiger partial charge >= 0.3 is 5.97 Å². The van der Waals surface area contributed by atoms with E-state index >= 15 is 0 Å². The van der Waals surface area contributed by atoms with Crippen LogP contribution in [-0.4, -0.2) is 58.6 Å². The average Bonchev–Trinajstić information content (AvgIpc) is 3.07. The van der Waals surface area contributed by atoms with E-state index in [1.165, 1.54) is 7.11 Å². The summed E-state index contributed by atoms with van der Waals surface area (Å²) in [6.07, 6.45) is -1.42. The minimum absolute atomic E-state index is 0.00934. The molecule has 0 heterocycles. The van der Waals surface area contributed by atoms with Crippen LogP contribution in [0.5, 0.6) is 0 Å². The van der Waals surface area contributed by atoms with Crippen molar-refractivity contribution < 1.29 is 38.9 Å². The number of Topliss-reactive ketones (excluding diaryl/α,β-unsaturated/α-hetero) is 4. The van der Waals surface area contributed by atoms with E-state index in [9.17, 15) is 34.2 Å². The van der Waals surface area contributed by atoms with Gasteiger partial charge in [0.05, 0.1) is 24.5 Å². The summed E-state index contributed by atoms with van der Waals surface area (Å²) >= 11 is 0. The van der Waals surface area contributed by atoms with Crippen molar-refractivity contribution in [3.05, 3.63) is 11.1 Å². The van der Waals surface area contributed by atoms with E-state index in [0.717, 1.165) is 0 Å². The molecule has 0 aromatic carbocycles. The highest BCUT2D eigenvalue weighted by atomic mass is 16.5. The fourth-order valence-corrected chi connectivity index (χ4v) is 9.14. The molecular weight excluding hydrogens is 500 g/mol. The zero-order valence-electron chi connectivity index (χ0n) is 24.6. The molecule has 2 saturated carbocycles. The van der Waals surface area contributed by atoms with Crippen LogP contribution in [0.4, 0.5) is 0 Å². The van der Waals surface area contributed by atoms with Gasteiger partial charge in [0.25, 0.3) is 0 Å². The summed E-state index contributed by atoms with van der Waals surface area (Å²) in [4.78, 5) is 65.7. The molecule has 9 atom stereocenters. The van der Waals surface area contributed by atoms with E-state index in [0.29, 0.717) is 24.0 Å². The molecule has 0 spiro atoms. The number of hydrogen-bond acceptors (Lipinski definition) is 8. The Hall–Kier alpha value is -2.19. The number of aliphatic hydroxyl groups excluding tert-OH is 2. The second kappa shape index (κ2) is 9.44. The summed E-state index contributed by atoms with van der Waals surface area (Å²) in [6.45, 7) is 12.7. The number of fused-ring (bicyclic) bond motifs is 4. The molecule has 216 valence electrons. The zero-order valence-corrected chi connectivity index (χ0v) is 24.6. The maximum absolute atomic E-state index is 14.2. The highest BCUT2D eigenvalue weighted by Crippen LogP contribution is 2.70. The molecule has 4 rings (SSSR count). The lowest BCUT2D eigenvalue weighted by atomic mass is 9.42. The zero-order chi connectivity index (χ0) is 29.5. The first-order valence-electron chi connectivity index (χ1n) is 14.2. The van der Waals surface area contributed by atoms with Gasteiger partial charge in [-0.2, -0.15) is 0 Å². The molecule has 0 saturated heterocycles. The van der Waals surface area contributed by atoms with Crippen LogP contribution < -0.4 is 0 Å². The minimum atomic E-state index is -1.49. The van der Waals surface area contributed by atoms with Gasteiger partial charge in [0.15, 0.2) is 5.78 Å². The van der Waals surface area contributed by atoms with Gasteiger partial charge in [0.1, 0.15) is 23.5 Å². The standard InChI is InChI=1S/C31H44O8/c1-15(11-17(32)12-16(2)27(38)39-8)18-13-22(35)31(7)23-19(33)14-20-28(3,4)21(34)9-10-29(20,5)24(23)25(36)26(37)30(18,31)6/h15-16,18-20,26,33,37H,9-14H2,1-8H3/t15-,16-,18-,19+,20+,26-,29+,30+,31+/m1/s1. The Morgan fingerprint density at radius 1 is 1.00 bits per heavy atom. The largest absolute Gasteiger partial charge is 0.469 e. The first-order chi connectivity index (χ1) is 17.9. The number of methoxy groups -OCH3 is 1. The van der Waals surface area contributed by atoms with Crippen LogP contribution in [-0.2, 0) is 28.7 Å². The lowest BCUT2D eigenvalue weighted by Gasteiger charge is -2.61. The normalized spacial score (nSPS) is 40.9. The van der Waals surface area contributed by atoms with E-state index in [4.69, 9.17) is 4.74 Å². The van der Waals surface area contributed by atoms with Crippen LogP contribution in [0.1, 0.15) is 87.0 Å². The predicted molar refractivity (Wildman–Crippen MR) is 142 cm³/mol. The molecule has 4 aliphatic rings. The molecule has 8 nitrogen and oxygen atoms in total. The smallest absolute Gasteiger partial charge is 0.308 e. The molecule has 0 radical (unpaired) electrons. The summed E-state index contributed by atoms with van der Waals surface area (Å²) < 4.78 is 4.73. The van der Waals surface area contributed by atoms with E-state index < -0.39 is 57.5 Å². The molecule has 8 heteroatoms. The third-order valence-electron chi connectivity index (χ3n) is 11.6. The Kier molecular flexibility index (Phi) is 7.21. The predicted octanol–water partition coefficient (Wildman–Crippen LogP) is 3.40. The number of carbonyl (C=O) groups excluding carboxylic acids is 5. The first kappa shape index (κ1) is 29.8. The van der Waals surface area contributed by atoms with E-state index in [1.807, 2.05) is 27.7 Å². The van der Waals surface area contributed by atoms with Gasteiger partial charge < -0.3 is 14.9 Å². The van der Waals surface area contributed by atoms with Crippen LogP contribution in [0.15, 0.2) is 11.1 Å². The summed E-state index contributed by atoms with van der Waals surface area (Å²) in [6, 6.07) is 0. The quantitative estimate of drug-likeness (QED) is 0.486. The van der Waals surface area contributed by atoms with Gasteiger partial charge in [-0.15, -0.1) is 0 Å². The second-order valence-corrected chi connectivity index (χ2v) is 13.9. The van der Waals surface area contributed by atoms with Gasteiger partial charge in [-0.3, -0.25) is 24.0 Å². The summed E-state index contributed by atoms with van der Waals surface area (Å²) in [5, 5.41) is 23.4. The van der Waals surface area contributed by atoms with Crippen molar-refractivity contribution in [2.75, 3.05) is 7.11 Å². The number of esters is 1. The molecule has 0 aliphatic heterocycles. The number of rotatable bonds is 6. The van der Waals surface area contributed by atoms with E-state index in [-0.39, 0.29) is 54.9 Å². The van der Waals surface area contributed by atoms with Gasteiger partial charge in [-0.05, 0) is 43.1 Å². The Balaban J connectivity index is 1.77. The molecule has 0 unspecified atom stereocenters. The van der Waals surface area contributed by atoms with Crippen molar-refractivity contribution in [2.45, 2.75) is 99.2 Å². The number of ketones is 4. The number of hydrogen-bond donors (Lipinski definition) is 2. The molecule has 4 aliphatic carbocycles. The highest BCUT2D eigenvalue weighted by molar-refractivity contribution is 6.08. The summed E-state index contributed by atoms with van der Waals surface area (Å²) in [5.74, 6) is -2.87. The lowest BCUT2D eigenvalue weighted by Crippen LogP contribution is -2.64. The third kappa shape index (κ3) is 3.87. The third-order valence-corrected chi connectivity index (χ3v) is 11.6. The maximum Gasteiger partial charge on any atom is 0.308 e. The maximum atomic E-state index is 14.2. The summed E-state index contributed by atoms with van der Waals surface area (Å²) in [7, 11) is 1.27.